The first kappa shape index (κ1) is 12.1. The van der Waals surface area contributed by atoms with Crippen molar-refractivity contribution >= 4 is 0 Å². The van der Waals surface area contributed by atoms with E-state index in [1.54, 1.807) is 31.4 Å². The van der Waals surface area contributed by atoms with Gasteiger partial charge in [-0.25, -0.2) is 0 Å². The number of rotatable bonds is 3. The normalized spacial score (nSPS) is 10.1. The average molecular weight is 246 g/mol. The number of phenols is 2. The Kier molecular flexibility index (Phi) is 3.28. The molecule has 0 radical (unpaired) electrons. The van der Waals surface area contributed by atoms with Gasteiger partial charge in [0.2, 0.25) is 0 Å². The number of hydrogen-bond acceptors (Lipinski definition) is 4. The zero-order valence-electron chi connectivity index (χ0n) is 10.2. The molecule has 4 nitrogen and oxygen atoms in total. The smallest absolute Gasteiger partial charge is 0.127 e. The average Bonchev–Trinajstić information content (AvgIpc) is 2.39. The Hall–Kier alpha value is -2.36. The molecule has 2 rings (SSSR count). The predicted octanol–water partition coefficient (Wildman–Crippen LogP) is 2.78. The summed E-state index contributed by atoms with van der Waals surface area (Å²) >= 11 is 0. The van der Waals surface area contributed by atoms with E-state index in [9.17, 15) is 10.2 Å². The number of hydrogen-bond donors (Lipinski definition) is 2. The molecule has 0 saturated carbocycles. The fourth-order valence-corrected chi connectivity index (χ4v) is 1.72. The van der Waals surface area contributed by atoms with Crippen LogP contribution >= 0.6 is 0 Å². The van der Waals surface area contributed by atoms with E-state index in [-0.39, 0.29) is 11.5 Å². The van der Waals surface area contributed by atoms with Crippen molar-refractivity contribution in [3.05, 3.63) is 36.4 Å². The van der Waals surface area contributed by atoms with E-state index >= 15 is 0 Å². The standard InChI is InChI=1S/C14H14O4/c1-17-9-4-6-13(15)12(7-9)11-5-3-10(18-2)8-14(11)16/h3-8,15-16H,1-2H3. The summed E-state index contributed by atoms with van der Waals surface area (Å²) in [6.07, 6.45) is 0. The third-order valence-corrected chi connectivity index (χ3v) is 2.70. The first-order chi connectivity index (χ1) is 8.65. The van der Waals surface area contributed by atoms with Gasteiger partial charge in [-0.1, -0.05) is 0 Å². The molecule has 0 fully saturated rings. The molecule has 0 aromatic heterocycles. The molecular formula is C14H14O4. The predicted molar refractivity (Wildman–Crippen MR) is 68.3 cm³/mol. The van der Waals surface area contributed by atoms with Gasteiger partial charge in [-0.2, -0.15) is 0 Å². The van der Waals surface area contributed by atoms with E-state index in [1.165, 1.54) is 19.2 Å². The quantitative estimate of drug-likeness (QED) is 0.874. The lowest BCUT2D eigenvalue weighted by atomic mass is 10.0. The van der Waals surface area contributed by atoms with Gasteiger partial charge in [0.1, 0.15) is 23.0 Å². The lowest BCUT2D eigenvalue weighted by molar-refractivity contribution is 0.407. The van der Waals surface area contributed by atoms with Crippen molar-refractivity contribution in [2.75, 3.05) is 14.2 Å². The molecule has 0 aliphatic heterocycles. The molecule has 0 amide bonds. The van der Waals surface area contributed by atoms with Gasteiger partial charge in [0.25, 0.3) is 0 Å². The van der Waals surface area contributed by atoms with Gasteiger partial charge in [0.05, 0.1) is 14.2 Å². The van der Waals surface area contributed by atoms with Crippen molar-refractivity contribution in [3.63, 3.8) is 0 Å². The second kappa shape index (κ2) is 4.87. The summed E-state index contributed by atoms with van der Waals surface area (Å²) in [6.45, 7) is 0. The van der Waals surface area contributed by atoms with E-state index in [4.69, 9.17) is 9.47 Å². The second-order valence-corrected chi connectivity index (χ2v) is 3.77. The van der Waals surface area contributed by atoms with Crippen molar-refractivity contribution in [2.24, 2.45) is 0 Å². The minimum Gasteiger partial charge on any atom is -0.507 e. The highest BCUT2D eigenvalue weighted by Gasteiger charge is 2.11. The molecule has 0 aliphatic carbocycles. The molecule has 0 bridgehead atoms. The summed E-state index contributed by atoms with van der Waals surface area (Å²) in [5.74, 6) is 1.28. The summed E-state index contributed by atoms with van der Waals surface area (Å²) in [6, 6.07) is 9.74. The van der Waals surface area contributed by atoms with Crippen LogP contribution in [0, 0.1) is 0 Å². The lowest BCUT2D eigenvalue weighted by Gasteiger charge is -2.10. The Morgan fingerprint density at radius 2 is 1.33 bits per heavy atom. The maximum Gasteiger partial charge on any atom is 0.127 e. The van der Waals surface area contributed by atoms with Crippen LogP contribution in [0.25, 0.3) is 11.1 Å². The van der Waals surface area contributed by atoms with E-state index in [2.05, 4.69) is 0 Å². The van der Waals surface area contributed by atoms with Gasteiger partial charge in [0.15, 0.2) is 0 Å². The zero-order chi connectivity index (χ0) is 13.1. The Morgan fingerprint density at radius 1 is 0.722 bits per heavy atom. The molecule has 18 heavy (non-hydrogen) atoms. The number of aromatic hydroxyl groups is 2. The summed E-state index contributed by atoms with van der Waals surface area (Å²) in [7, 11) is 3.07. The molecule has 2 N–H and O–H groups in total. The van der Waals surface area contributed by atoms with E-state index in [0.717, 1.165) is 0 Å². The van der Waals surface area contributed by atoms with Gasteiger partial charge in [-0.3, -0.25) is 0 Å². The summed E-state index contributed by atoms with van der Waals surface area (Å²) in [4.78, 5) is 0. The maximum atomic E-state index is 9.93. The van der Waals surface area contributed by atoms with Crippen LogP contribution in [0.3, 0.4) is 0 Å². The Morgan fingerprint density at radius 3 is 1.94 bits per heavy atom. The fourth-order valence-electron chi connectivity index (χ4n) is 1.72. The molecule has 0 atom stereocenters. The van der Waals surface area contributed by atoms with Gasteiger partial charge in [-0.15, -0.1) is 0 Å². The van der Waals surface area contributed by atoms with Gasteiger partial charge < -0.3 is 19.7 Å². The lowest BCUT2D eigenvalue weighted by Crippen LogP contribution is -1.87. The van der Waals surface area contributed by atoms with Crippen LogP contribution in [-0.2, 0) is 0 Å². The maximum absolute atomic E-state index is 9.93. The van der Waals surface area contributed by atoms with Gasteiger partial charge >= 0.3 is 0 Å². The Bertz CT molecular complexity index is 564. The summed E-state index contributed by atoms with van der Waals surface area (Å²) < 4.78 is 10.1. The van der Waals surface area contributed by atoms with E-state index in [0.29, 0.717) is 22.6 Å². The van der Waals surface area contributed by atoms with E-state index < -0.39 is 0 Å². The molecular weight excluding hydrogens is 232 g/mol. The van der Waals surface area contributed by atoms with Crippen LogP contribution < -0.4 is 9.47 Å². The Balaban J connectivity index is 2.54. The minimum absolute atomic E-state index is 0.0397. The second-order valence-electron chi connectivity index (χ2n) is 3.77. The number of ether oxygens (including phenoxy) is 2. The largest absolute Gasteiger partial charge is 0.507 e. The number of benzene rings is 2. The molecule has 0 unspecified atom stereocenters. The highest BCUT2D eigenvalue weighted by molar-refractivity contribution is 5.77. The van der Waals surface area contributed by atoms with Crippen molar-refractivity contribution in [3.8, 4) is 34.1 Å². The molecule has 2 aromatic rings. The van der Waals surface area contributed by atoms with Crippen LogP contribution in [0.15, 0.2) is 36.4 Å². The molecule has 4 heteroatoms. The van der Waals surface area contributed by atoms with Crippen LogP contribution in [0.1, 0.15) is 0 Å². The van der Waals surface area contributed by atoms with E-state index in [1.807, 2.05) is 0 Å². The van der Waals surface area contributed by atoms with Crippen molar-refractivity contribution < 1.29 is 19.7 Å². The molecule has 0 heterocycles. The van der Waals surface area contributed by atoms with Crippen LogP contribution in [0.5, 0.6) is 23.0 Å². The molecule has 0 spiro atoms. The zero-order valence-corrected chi connectivity index (χ0v) is 10.2. The topological polar surface area (TPSA) is 58.9 Å². The van der Waals surface area contributed by atoms with Crippen LogP contribution in [0.2, 0.25) is 0 Å². The molecule has 0 aliphatic rings. The van der Waals surface area contributed by atoms with Crippen molar-refractivity contribution in [1.29, 1.82) is 0 Å². The van der Waals surface area contributed by atoms with Crippen molar-refractivity contribution in [2.45, 2.75) is 0 Å². The third-order valence-electron chi connectivity index (χ3n) is 2.70. The van der Waals surface area contributed by atoms with Crippen LogP contribution in [0.4, 0.5) is 0 Å². The van der Waals surface area contributed by atoms with Crippen LogP contribution in [-0.4, -0.2) is 24.4 Å². The number of phenolic OH excluding ortho intramolecular Hbond substituents is 2. The van der Waals surface area contributed by atoms with Crippen molar-refractivity contribution in [1.82, 2.24) is 0 Å². The molecule has 2 aromatic carbocycles. The van der Waals surface area contributed by atoms with Gasteiger partial charge in [0, 0.05) is 17.2 Å². The highest BCUT2D eigenvalue weighted by atomic mass is 16.5. The monoisotopic (exact) mass is 246 g/mol. The fraction of sp³-hybridized carbons (Fsp3) is 0.143. The SMILES string of the molecule is COc1ccc(-c2cc(OC)ccc2O)c(O)c1. The summed E-state index contributed by atoms with van der Waals surface area (Å²) in [5, 5.41) is 19.8. The third kappa shape index (κ3) is 2.18. The first-order valence-corrected chi connectivity index (χ1v) is 5.40. The number of methoxy groups -OCH3 is 2. The molecule has 94 valence electrons. The van der Waals surface area contributed by atoms with Gasteiger partial charge in [-0.05, 0) is 30.3 Å². The molecule has 0 saturated heterocycles. The first-order valence-electron chi connectivity index (χ1n) is 5.40. The minimum atomic E-state index is 0.0397. The Labute approximate surface area is 105 Å². The highest BCUT2D eigenvalue weighted by Crippen LogP contribution is 2.38. The summed E-state index contributed by atoms with van der Waals surface area (Å²) in [5.41, 5.74) is 1.03.